The number of benzene rings is 1. The van der Waals surface area contributed by atoms with Crippen molar-refractivity contribution in [2.24, 2.45) is 0 Å². The Kier molecular flexibility index (Phi) is 5.23. The van der Waals surface area contributed by atoms with E-state index in [2.05, 4.69) is 33.1 Å². The quantitative estimate of drug-likeness (QED) is 0.698. The van der Waals surface area contributed by atoms with Crippen molar-refractivity contribution in [2.75, 3.05) is 6.54 Å². The zero-order valence-electron chi connectivity index (χ0n) is 14.1. The monoisotopic (exact) mass is 297 g/mol. The van der Waals surface area contributed by atoms with E-state index in [9.17, 15) is 4.79 Å². The molecule has 0 aromatic heterocycles. The SMILES string of the molecule is C=C(CC)CCC(C(=C)C)N1CCc2cc(C)ccc2C1=O. The molecule has 118 valence electrons. The molecule has 1 heterocycles. The first-order valence-electron chi connectivity index (χ1n) is 8.16. The molecule has 22 heavy (non-hydrogen) atoms. The third-order valence-electron chi connectivity index (χ3n) is 4.59. The summed E-state index contributed by atoms with van der Waals surface area (Å²) in [5.41, 5.74) is 5.56. The van der Waals surface area contributed by atoms with Gasteiger partial charge in [0.25, 0.3) is 5.91 Å². The van der Waals surface area contributed by atoms with Crippen molar-refractivity contribution in [2.45, 2.75) is 52.5 Å². The molecular formula is C20H27NO. The Bertz CT molecular complexity index is 600. The summed E-state index contributed by atoms with van der Waals surface area (Å²) in [7, 11) is 0. The molecular weight excluding hydrogens is 270 g/mol. The molecule has 2 heteroatoms. The Hall–Kier alpha value is -1.83. The number of carbonyl (C=O) groups excluding carboxylic acids is 1. The summed E-state index contributed by atoms with van der Waals surface area (Å²) in [4.78, 5) is 14.9. The van der Waals surface area contributed by atoms with Crippen LogP contribution in [0.5, 0.6) is 0 Å². The minimum atomic E-state index is 0.116. The molecule has 0 fully saturated rings. The molecule has 0 aliphatic carbocycles. The Morgan fingerprint density at radius 3 is 2.73 bits per heavy atom. The van der Waals surface area contributed by atoms with E-state index in [1.165, 1.54) is 16.7 Å². The highest BCUT2D eigenvalue weighted by Gasteiger charge is 2.30. The molecule has 2 nitrogen and oxygen atoms in total. The maximum atomic E-state index is 12.9. The van der Waals surface area contributed by atoms with Crippen LogP contribution >= 0.6 is 0 Å². The van der Waals surface area contributed by atoms with E-state index in [0.717, 1.165) is 43.4 Å². The highest BCUT2D eigenvalue weighted by atomic mass is 16.2. The van der Waals surface area contributed by atoms with Crippen LogP contribution in [0.15, 0.2) is 42.5 Å². The average Bonchev–Trinajstić information content (AvgIpc) is 2.48. The van der Waals surface area contributed by atoms with Crippen LogP contribution in [0.2, 0.25) is 0 Å². The van der Waals surface area contributed by atoms with Crippen LogP contribution in [0.4, 0.5) is 0 Å². The lowest BCUT2D eigenvalue weighted by Crippen LogP contribution is -2.45. The zero-order valence-corrected chi connectivity index (χ0v) is 14.1. The largest absolute Gasteiger partial charge is 0.332 e. The van der Waals surface area contributed by atoms with Gasteiger partial charge in [0.1, 0.15) is 0 Å². The van der Waals surface area contributed by atoms with E-state index in [1.807, 2.05) is 24.0 Å². The maximum absolute atomic E-state index is 12.9. The Labute approximate surface area is 134 Å². The van der Waals surface area contributed by atoms with Gasteiger partial charge in [0.05, 0.1) is 6.04 Å². The molecule has 1 aliphatic heterocycles. The summed E-state index contributed by atoms with van der Waals surface area (Å²) in [6, 6.07) is 6.25. The lowest BCUT2D eigenvalue weighted by Gasteiger charge is -2.36. The van der Waals surface area contributed by atoms with Gasteiger partial charge < -0.3 is 4.90 Å². The van der Waals surface area contributed by atoms with Gasteiger partial charge in [0.2, 0.25) is 0 Å². The normalized spacial score (nSPS) is 15.4. The predicted molar refractivity (Wildman–Crippen MR) is 93.2 cm³/mol. The average molecular weight is 297 g/mol. The summed E-state index contributed by atoms with van der Waals surface area (Å²) in [6.07, 6.45) is 3.81. The number of carbonyl (C=O) groups is 1. The fourth-order valence-corrected chi connectivity index (χ4v) is 3.12. The third-order valence-corrected chi connectivity index (χ3v) is 4.59. The summed E-state index contributed by atoms with van der Waals surface area (Å²) in [5, 5.41) is 0. The van der Waals surface area contributed by atoms with Crippen molar-refractivity contribution in [1.82, 2.24) is 4.90 Å². The van der Waals surface area contributed by atoms with Crippen molar-refractivity contribution in [3.05, 3.63) is 59.2 Å². The van der Waals surface area contributed by atoms with Crippen LogP contribution in [0, 0.1) is 6.92 Å². The molecule has 0 bridgehead atoms. The number of rotatable bonds is 6. The number of aryl methyl sites for hydroxylation is 1. The van der Waals surface area contributed by atoms with E-state index in [4.69, 9.17) is 0 Å². The van der Waals surface area contributed by atoms with Gasteiger partial charge in [0.15, 0.2) is 0 Å². The number of hydrogen-bond donors (Lipinski definition) is 0. The van der Waals surface area contributed by atoms with Gasteiger partial charge in [-0.05, 0) is 51.2 Å². The highest BCUT2D eigenvalue weighted by molar-refractivity contribution is 5.97. The van der Waals surface area contributed by atoms with Crippen molar-refractivity contribution in [3.63, 3.8) is 0 Å². The molecule has 1 unspecified atom stereocenters. The minimum absolute atomic E-state index is 0.116. The maximum Gasteiger partial charge on any atom is 0.254 e. The smallest absolute Gasteiger partial charge is 0.254 e. The van der Waals surface area contributed by atoms with Crippen LogP contribution in [-0.4, -0.2) is 23.4 Å². The van der Waals surface area contributed by atoms with Crippen molar-refractivity contribution >= 4 is 5.91 Å². The van der Waals surface area contributed by atoms with E-state index >= 15 is 0 Å². The van der Waals surface area contributed by atoms with Crippen LogP contribution in [0.3, 0.4) is 0 Å². The lowest BCUT2D eigenvalue weighted by molar-refractivity contribution is 0.0680. The Morgan fingerprint density at radius 2 is 2.09 bits per heavy atom. The van der Waals surface area contributed by atoms with Crippen molar-refractivity contribution in [3.8, 4) is 0 Å². The molecule has 2 rings (SSSR count). The molecule has 0 saturated carbocycles. The molecule has 1 aromatic carbocycles. The second kappa shape index (κ2) is 6.95. The lowest BCUT2D eigenvalue weighted by atomic mass is 9.92. The molecule has 0 spiro atoms. The summed E-state index contributed by atoms with van der Waals surface area (Å²) >= 11 is 0. The number of hydrogen-bond acceptors (Lipinski definition) is 1. The fraction of sp³-hybridized carbons (Fsp3) is 0.450. The van der Waals surface area contributed by atoms with Gasteiger partial charge in [0, 0.05) is 12.1 Å². The van der Waals surface area contributed by atoms with Crippen molar-refractivity contribution in [1.29, 1.82) is 0 Å². The molecule has 0 N–H and O–H groups in total. The Morgan fingerprint density at radius 1 is 1.36 bits per heavy atom. The van der Waals surface area contributed by atoms with Gasteiger partial charge in [-0.3, -0.25) is 4.79 Å². The first-order valence-corrected chi connectivity index (χ1v) is 8.16. The summed E-state index contributed by atoms with van der Waals surface area (Å²) in [6.45, 7) is 15.2. The third kappa shape index (κ3) is 3.49. The van der Waals surface area contributed by atoms with Crippen LogP contribution in [0.25, 0.3) is 0 Å². The van der Waals surface area contributed by atoms with Crippen molar-refractivity contribution < 1.29 is 4.79 Å². The van der Waals surface area contributed by atoms with Gasteiger partial charge >= 0.3 is 0 Å². The number of amides is 1. The molecule has 1 aliphatic rings. The molecule has 0 saturated heterocycles. The van der Waals surface area contributed by atoms with E-state index in [0.29, 0.717) is 0 Å². The van der Waals surface area contributed by atoms with Crippen LogP contribution < -0.4 is 0 Å². The summed E-state index contributed by atoms with van der Waals surface area (Å²) < 4.78 is 0. The highest BCUT2D eigenvalue weighted by Crippen LogP contribution is 2.26. The minimum Gasteiger partial charge on any atom is -0.332 e. The Balaban J connectivity index is 2.19. The van der Waals surface area contributed by atoms with Gasteiger partial charge in [-0.15, -0.1) is 0 Å². The molecule has 1 aromatic rings. The number of nitrogens with zero attached hydrogens (tertiary/aromatic N) is 1. The second-order valence-corrected chi connectivity index (χ2v) is 6.41. The van der Waals surface area contributed by atoms with Gasteiger partial charge in [-0.2, -0.15) is 0 Å². The molecule has 1 amide bonds. The first kappa shape index (κ1) is 16.5. The second-order valence-electron chi connectivity index (χ2n) is 6.41. The molecule has 0 radical (unpaired) electrons. The van der Waals surface area contributed by atoms with Crippen LogP contribution in [-0.2, 0) is 6.42 Å². The fourth-order valence-electron chi connectivity index (χ4n) is 3.12. The summed E-state index contributed by atoms with van der Waals surface area (Å²) in [5.74, 6) is 0.149. The van der Waals surface area contributed by atoms with Gasteiger partial charge in [-0.1, -0.05) is 48.9 Å². The van der Waals surface area contributed by atoms with Crippen LogP contribution in [0.1, 0.15) is 54.6 Å². The van der Waals surface area contributed by atoms with E-state index < -0.39 is 0 Å². The molecule has 1 atom stereocenters. The van der Waals surface area contributed by atoms with E-state index in [-0.39, 0.29) is 11.9 Å². The van der Waals surface area contributed by atoms with Gasteiger partial charge in [-0.25, -0.2) is 0 Å². The topological polar surface area (TPSA) is 20.3 Å². The number of allylic oxidation sites excluding steroid dienone is 1. The zero-order chi connectivity index (χ0) is 16.3. The van der Waals surface area contributed by atoms with E-state index in [1.54, 1.807) is 0 Å². The predicted octanol–water partition coefficient (Wildman–Crippen LogP) is 4.68. The standard InChI is InChI=1S/C20H27NO/c1-6-15(4)8-10-19(14(2)3)21-12-11-17-13-16(5)7-9-18(17)20(21)22/h7,9,13,19H,2,4,6,8,10-12H2,1,3,5H3. The first-order chi connectivity index (χ1) is 10.4. The number of fused-ring (bicyclic) bond motifs is 1.